The zero-order valence-electron chi connectivity index (χ0n) is 14.9. The van der Waals surface area contributed by atoms with Gasteiger partial charge in [-0.15, -0.1) is 5.10 Å². The van der Waals surface area contributed by atoms with Crippen molar-refractivity contribution in [2.45, 2.75) is 32.5 Å². The van der Waals surface area contributed by atoms with Gasteiger partial charge in [0.1, 0.15) is 12.1 Å². The van der Waals surface area contributed by atoms with Crippen molar-refractivity contribution in [2.75, 3.05) is 0 Å². The lowest BCUT2D eigenvalue weighted by atomic mass is 10.0. The monoisotopic (exact) mass is 369 g/mol. The summed E-state index contributed by atoms with van der Waals surface area (Å²) >= 11 is 5.00. The van der Waals surface area contributed by atoms with Gasteiger partial charge in [0, 0.05) is 25.3 Å². The Morgan fingerprint density at radius 1 is 1.12 bits per heavy atom. The zero-order valence-corrected chi connectivity index (χ0v) is 15.7. The van der Waals surface area contributed by atoms with Crippen molar-refractivity contribution in [3.8, 4) is 22.8 Å². The van der Waals surface area contributed by atoms with E-state index in [9.17, 15) is 4.39 Å². The molecule has 1 aromatic heterocycles. The molecule has 0 saturated carbocycles. The molecule has 4 nitrogen and oxygen atoms in total. The maximum Gasteiger partial charge on any atom is 0.242 e. The normalized spacial score (nSPS) is 12.6. The number of ether oxygens (including phenoxy) is 1. The van der Waals surface area contributed by atoms with E-state index in [2.05, 4.69) is 17.0 Å². The summed E-state index contributed by atoms with van der Waals surface area (Å²) < 4.78 is 20.4. The minimum Gasteiger partial charge on any atom is -0.459 e. The fraction of sp³-hybridized carbons (Fsp3) is 0.250. The SMILES string of the molecule is CC(C=S)c1ccc(-c2ncn(-c3ccc(OC(C)(C)F)cc3)n2)cc1. The Bertz CT molecular complexity index is 883. The van der Waals surface area contributed by atoms with Gasteiger partial charge >= 0.3 is 0 Å². The number of benzene rings is 2. The summed E-state index contributed by atoms with van der Waals surface area (Å²) in [5.74, 6) is -0.379. The fourth-order valence-electron chi connectivity index (χ4n) is 2.48. The molecule has 26 heavy (non-hydrogen) atoms. The molecule has 2 aromatic carbocycles. The van der Waals surface area contributed by atoms with Crippen LogP contribution in [0, 0.1) is 0 Å². The van der Waals surface area contributed by atoms with Gasteiger partial charge in [-0.05, 0) is 35.2 Å². The number of halogens is 1. The first-order chi connectivity index (χ1) is 12.4. The van der Waals surface area contributed by atoms with Crippen LogP contribution in [-0.4, -0.2) is 26.0 Å². The van der Waals surface area contributed by atoms with Gasteiger partial charge in [-0.2, -0.15) is 4.39 Å². The number of thiocarbonyl (C=S) groups is 1. The largest absolute Gasteiger partial charge is 0.459 e. The molecule has 0 N–H and O–H groups in total. The highest BCUT2D eigenvalue weighted by Crippen LogP contribution is 2.23. The van der Waals surface area contributed by atoms with E-state index >= 15 is 0 Å². The summed E-state index contributed by atoms with van der Waals surface area (Å²) in [7, 11) is 0. The number of nitrogens with zero attached hydrogens (tertiary/aromatic N) is 3. The van der Waals surface area contributed by atoms with Crippen molar-refractivity contribution in [3.63, 3.8) is 0 Å². The van der Waals surface area contributed by atoms with Crippen molar-refractivity contribution in [1.29, 1.82) is 0 Å². The molecule has 0 fully saturated rings. The average molecular weight is 369 g/mol. The van der Waals surface area contributed by atoms with Crippen molar-refractivity contribution in [2.24, 2.45) is 0 Å². The number of alkyl halides is 1. The molecule has 134 valence electrons. The van der Waals surface area contributed by atoms with Crippen LogP contribution in [0.3, 0.4) is 0 Å². The summed E-state index contributed by atoms with van der Waals surface area (Å²) in [5, 5.41) is 6.26. The van der Waals surface area contributed by atoms with E-state index in [1.807, 2.05) is 36.4 Å². The summed E-state index contributed by atoms with van der Waals surface area (Å²) in [6, 6.07) is 15.1. The average Bonchev–Trinajstić information content (AvgIpc) is 3.10. The Kier molecular flexibility index (Phi) is 5.13. The molecule has 0 amide bonds. The standard InChI is InChI=1S/C20H20FN3OS/c1-14(12-26)15-4-6-16(7-5-15)19-22-13-24(23-19)17-8-10-18(11-9-17)25-20(2,3)21/h4-14H,1-3H3. The molecule has 0 aliphatic carbocycles. The highest BCUT2D eigenvalue weighted by molar-refractivity contribution is 7.79. The summed E-state index contributed by atoms with van der Waals surface area (Å²) in [5.41, 5.74) is 2.91. The van der Waals surface area contributed by atoms with E-state index in [1.54, 1.807) is 28.5 Å². The number of hydrogen-bond acceptors (Lipinski definition) is 4. The smallest absolute Gasteiger partial charge is 0.242 e. The van der Waals surface area contributed by atoms with Crippen molar-refractivity contribution >= 4 is 17.6 Å². The van der Waals surface area contributed by atoms with Gasteiger partial charge in [0.15, 0.2) is 5.82 Å². The van der Waals surface area contributed by atoms with Gasteiger partial charge in [-0.1, -0.05) is 43.4 Å². The van der Waals surface area contributed by atoms with Crippen LogP contribution in [0.2, 0.25) is 0 Å². The third kappa shape index (κ3) is 4.32. The molecule has 1 atom stereocenters. The number of rotatable bonds is 6. The van der Waals surface area contributed by atoms with Crippen LogP contribution >= 0.6 is 12.2 Å². The van der Waals surface area contributed by atoms with Gasteiger partial charge in [0.2, 0.25) is 5.85 Å². The van der Waals surface area contributed by atoms with Crippen LogP contribution in [0.1, 0.15) is 32.3 Å². The van der Waals surface area contributed by atoms with Crippen LogP contribution < -0.4 is 4.74 Å². The van der Waals surface area contributed by atoms with Crippen LogP contribution in [0.15, 0.2) is 54.9 Å². The van der Waals surface area contributed by atoms with Crippen LogP contribution in [0.4, 0.5) is 4.39 Å². The number of aromatic nitrogens is 3. The van der Waals surface area contributed by atoms with E-state index in [4.69, 9.17) is 17.0 Å². The summed E-state index contributed by atoms with van der Waals surface area (Å²) in [4.78, 5) is 4.37. The molecule has 0 saturated heterocycles. The minimum absolute atomic E-state index is 0.236. The summed E-state index contributed by atoms with van der Waals surface area (Å²) in [6.45, 7) is 4.79. The van der Waals surface area contributed by atoms with E-state index in [-0.39, 0.29) is 5.92 Å². The first-order valence-corrected chi connectivity index (χ1v) is 8.78. The third-order valence-electron chi connectivity index (χ3n) is 3.85. The Hall–Kier alpha value is -2.60. The molecule has 0 aliphatic heterocycles. The molecular formula is C20H20FN3OS. The molecule has 0 aliphatic rings. The molecule has 3 aromatic rings. The van der Waals surface area contributed by atoms with Crippen molar-refractivity contribution in [1.82, 2.24) is 14.8 Å². The van der Waals surface area contributed by atoms with Crippen molar-refractivity contribution < 1.29 is 9.13 Å². The maximum atomic E-state index is 13.5. The summed E-state index contributed by atoms with van der Waals surface area (Å²) in [6.07, 6.45) is 1.65. The van der Waals surface area contributed by atoms with E-state index < -0.39 is 5.85 Å². The molecule has 1 heterocycles. The highest BCUT2D eigenvalue weighted by atomic mass is 32.1. The van der Waals surface area contributed by atoms with E-state index in [0.717, 1.165) is 16.8 Å². The molecule has 0 spiro atoms. The van der Waals surface area contributed by atoms with Crippen LogP contribution in [0.25, 0.3) is 17.1 Å². The first-order valence-electron chi connectivity index (χ1n) is 8.31. The van der Waals surface area contributed by atoms with Crippen LogP contribution in [-0.2, 0) is 0 Å². The van der Waals surface area contributed by atoms with Crippen molar-refractivity contribution in [3.05, 3.63) is 60.4 Å². The minimum atomic E-state index is -1.71. The predicted octanol–water partition coefficient (Wildman–Crippen LogP) is 5.12. The van der Waals surface area contributed by atoms with Gasteiger partial charge in [0.25, 0.3) is 0 Å². The Labute approximate surface area is 157 Å². The third-order valence-corrected chi connectivity index (χ3v) is 4.26. The second kappa shape index (κ2) is 7.33. The Morgan fingerprint density at radius 2 is 1.77 bits per heavy atom. The first kappa shape index (κ1) is 18.2. The van der Waals surface area contributed by atoms with E-state index in [1.165, 1.54) is 13.8 Å². The zero-order chi connectivity index (χ0) is 18.7. The van der Waals surface area contributed by atoms with Gasteiger partial charge < -0.3 is 4.74 Å². The molecule has 0 bridgehead atoms. The van der Waals surface area contributed by atoms with Crippen LogP contribution in [0.5, 0.6) is 5.75 Å². The Morgan fingerprint density at radius 3 is 2.35 bits per heavy atom. The quantitative estimate of drug-likeness (QED) is 0.565. The molecule has 3 rings (SSSR count). The predicted molar refractivity (Wildman–Crippen MR) is 105 cm³/mol. The molecule has 1 unspecified atom stereocenters. The maximum absolute atomic E-state index is 13.5. The second-order valence-electron chi connectivity index (χ2n) is 6.52. The molecular weight excluding hydrogens is 349 g/mol. The van der Waals surface area contributed by atoms with E-state index in [0.29, 0.717) is 11.6 Å². The fourth-order valence-corrected chi connectivity index (χ4v) is 2.64. The highest BCUT2D eigenvalue weighted by Gasteiger charge is 2.16. The second-order valence-corrected chi connectivity index (χ2v) is 6.79. The lowest BCUT2D eigenvalue weighted by Crippen LogP contribution is -2.20. The lowest BCUT2D eigenvalue weighted by Gasteiger charge is -2.17. The van der Waals surface area contributed by atoms with Gasteiger partial charge in [-0.25, -0.2) is 9.67 Å². The molecule has 6 heteroatoms. The van der Waals surface area contributed by atoms with Gasteiger partial charge in [0.05, 0.1) is 5.69 Å². The topological polar surface area (TPSA) is 39.9 Å². The van der Waals surface area contributed by atoms with Gasteiger partial charge in [-0.3, -0.25) is 0 Å². The Balaban J connectivity index is 1.78. The lowest BCUT2D eigenvalue weighted by molar-refractivity contribution is -0.0257. The molecule has 0 radical (unpaired) electrons. The number of hydrogen-bond donors (Lipinski definition) is 0.